The molecule has 0 saturated carbocycles. The average Bonchev–Trinajstić information content (AvgIpc) is 3.28. The molecule has 10 heteroatoms. The molecule has 1 saturated heterocycles. The van der Waals surface area contributed by atoms with Gasteiger partial charge in [0.15, 0.2) is 5.69 Å². The number of piperidine rings is 1. The number of hydrogen-bond acceptors (Lipinski definition) is 4. The van der Waals surface area contributed by atoms with Crippen molar-refractivity contribution in [1.82, 2.24) is 14.7 Å². The van der Waals surface area contributed by atoms with E-state index in [9.17, 15) is 14.0 Å². The number of aromatic nitrogens is 2. The standard InChI is InChI=1S/C30H31Cl2FN4O3/c1-30(2,3)40-29(39)36-17-20(15-19-7-10-22(33)11-8-19)27-23(18-36)26(28(38)35-13-5-4-6-14-35)34-37(27)25-12-9-21(31)16-24(25)32/h7-12,15-16H,4-6,13-14,17-18H2,1-3H3/p+1/b20-15+. The number of halogens is 3. The molecule has 1 fully saturated rings. The molecule has 7 nitrogen and oxygen atoms in total. The number of ether oxygens (including phenoxy) is 1. The summed E-state index contributed by atoms with van der Waals surface area (Å²) in [7, 11) is 0. The number of benzene rings is 2. The fourth-order valence-corrected chi connectivity index (χ4v) is 5.65. The highest BCUT2D eigenvalue weighted by atomic mass is 35.5. The van der Waals surface area contributed by atoms with Crippen LogP contribution in [0, 0.1) is 5.82 Å². The van der Waals surface area contributed by atoms with Gasteiger partial charge in [-0.25, -0.2) is 14.0 Å². The van der Waals surface area contributed by atoms with Crippen molar-refractivity contribution in [3.05, 3.63) is 80.8 Å². The lowest BCUT2D eigenvalue weighted by molar-refractivity contribution is -0.832. The van der Waals surface area contributed by atoms with Crippen LogP contribution in [0.1, 0.15) is 67.3 Å². The second kappa shape index (κ2) is 11.4. The van der Waals surface area contributed by atoms with E-state index >= 15 is 0 Å². The first-order chi connectivity index (χ1) is 19.0. The van der Waals surface area contributed by atoms with Crippen LogP contribution in [0.3, 0.4) is 0 Å². The van der Waals surface area contributed by atoms with Crippen LogP contribution in [-0.4, -0.2) is 51.9 Å². The maximum absolute atomic E-state index is 13.9. The van der Waals surface area contributed by atoms with Crippen LogP contribution in [-0.2, 0) is 11.3 Å². The Hall–Kier alpha value is -3.20. The molecule has 3 aromatic rings. The summed E-state index contributed by atoms with van der Waals surface area (Å²) in [6, 6.07) is 11.2. The predicted octanol–water partition coefficient (Wildman–Crippen LogP) is 5.82. The van der Waals surface area contributed by atoms with Gasteiger partial charge in [-0.2, -0.15) is 9.89 Å². The zero-order valence-corrected chi connectivity index (χ0v) is 24.3. The van der Waals surface area contributed by atoms with Gasteiger partial charge in [0.2, 0.25) is 0 Å². The largest absolute Gasteiger partial charge is 0.515 e. The van der Waals surface area contributed by atoms with E-state index in [1.54, 1.807) is 35.0 Å². The molecular formula is C30H32Cl2FN4O3+. The first kappa shape index (κ1) is 28.3. The summed E-state index contributed by atoms with van der Waals surface area (Å²) in [5, 5.41) is 5.68. The number of nitrogens with zero attached hydrogens (tertiary/aromatic N) is 3. The Balaban J connectivity index is 1.71. The minimum absolute atomic E-state index is 0.175. The number of rotatable bonds is 3. The van der Waals surface area contributed by atoms with Crippen LogP contribution >= 0.6 is 23.2 Å². The molecule has 0 bridgehead atoms. The van der Waals surface area contributed by atoms with E-state index in [0.717, 1.165) is 30.4 Å². The van der Waals surface area contributed by atoms with E-state index < -0.39 is 11.7 Å². The third-order valence-electron chi connectivity index (χ3n) is 6.96. The zero-order valence-electron chi connectivity index (χ0n) is 22.8. The zero-order chi connectivity index (χ0) is 28.6. The Kier molecular flexibility index (Phi) is 8.04. The second-order valence-electron chi connectivity index (χ2n) is 11.2. The highest BCUT2D eigenvalue weighted by Gasteiger charge is 2.40. The highest BCUT2D eigenvalue weighted by Crippen LogP contribution is 2.33. The smallest absolute Gasteiger partial charge is 0.414 e. The van der Waals surface area contributed by atoms with Crippen molar-refractivity contribution in [2.24, 2.45) is 0 Å². The van der Waals surface area contributed by atoms with Gasteiger partial charge in [0.25, 0.3) is 5.91 Å². The number of hydrogen-bond donors (Lipinski definition) is 1. The van der Waals surface area contributed by atoms with Gasteiger partial charge in [-0.05, 0) is 82.0 Å². The molecule has 2 aromatic carbocycles. The van der Waals surface area contributed by atoms with E-state index in [0.29, 0.717) is 45.0 Å². The van der Waals surface area contributed by atoms with Gasteiger partial charge in [0.1, 0.15) is 24.5 Å². The molecule has 1 aromatic heterocycles. The molecule has 40 heavy (non-hydrogen) atoms. The first-order valence-electron chi connectivity index (χ1n) is 13.4. The van der Waals surface area contributed by atoms with Crippen LogP contribution < -0.4 is 4.90 Å². The molecule has 3 heterocycles. The Morgan fingerprint density at radius 1 is 1.02 bits per heavy atom. The van der Waals surface area contributed by atoms with E-state index in [1.807, 2.05) is 31.7 Å². The molecule has 210 valence electrons. The third-order valence-corrected chi connectivity index (χ3v) is 7.50. The van der Waals surface area contributed by atoms with Crippen molar-refractivity contribution in [1.29, 1.82) is 0 Å². The van der Waals surface area contributed by atoms with Crippen molar-refractivity contribution >= 4 is 46.9 Å². The van der Waals surface area contributed by atoms with Crippen LogP contribution in [0.2, 0.25) is 10.0 Å². The van der Waals surface area contributed by atoms with E-state index in [2.05, 4.69) is 0 Å². The average molecular weight is 587 g/mol. The van der Waals surface area contributed by atoms with Crippen molar-refractivity contribution in [3.8, 4) is 5.69 Å². The normalized spacial score (nSPS) is 18.5. The Bertz CT molecular complexity index is 1470. The quantitative estimate of drug-likeness (QED) is 0.420. The van der Waals surface area contributed by atoms with E-state index in [-0.39, 0.29) is 30.5 Å². The molecule has 1 atom stereocenters. The van der Waals surface area contributed by atoms with Gasteiger partial charge < -0.3 is 9.64 Å². The Labute approximate surface area is 243 Å². The summed E-state index contributed by atoms with van der Waals surface area (Å²) >= 11 is 12.8. The molecule has 0 spiro atoms. The molecule has 1 unspecified atom stereocenters. The maximum atomic E-state index is 13.9. The molecule has 2 amide bonds. The summed E-state index contributed by atoms with van der Waals surface area (Å²) in [5.74, 6) is -0.522. The number of likely N-dealkylation sites (tertiary alicyclic amines) is 1. The summed E-state index contributed by atoms with van der Waals surface area (Å²) in [4.78, 5) is 29.5. The summed E-state index contributed by atoms with van der Waals surface area (Å²) in [6.07, 6.45) is 4.42. The summed E-state index contributed by atoms with van der Waals surface area (Å²) < 4.78 is 21.1. The fourth-order valence-electron chi connectivity index (χ4n) is 5.16. The van der Waals surface area contributed by atoms with E-state index in [1.165, 1.54) is 12.1 Å². The molecule has 1 N–H and O–H groups in total. The van der Waals surface area contributed by atoms with Crippen molar-refractivity contribution in [2.45, 2.75) is 52.2 Å². The number of amides is 2. The number of fused-ring (bicyclic) bond motifs is 1. The number of carbonyl (C=O) groups excluding carboxylic acids is 2. The maximum Gasteiger partial charge on any atom is 0.515 e. The molecule has 0 aliphatic carbocycles. The van der Waals surface area contributed by atoms with Gasteiger partial charge >= 0.3 is 6.09 Å². The van der Waals surface area contributed by atoms with E-state index in [4.69, 9.17) is 33.0 Å². The van der Waals surface area contributed by atoms with Gasteiger partial charge in [0, 0.05) is 23.7 Å². The number of quaternary nitrogens is 1. The topological polar surface area (TPSA) is 68.9 Å². The van der Waals surface area contributed by atoms with Gasteiger partial charge in [-0.15, -0.1) is 0 Å². The molecule has 2 aliphatic heterocycles. The van der Waals surface area contributed by atoms with Crippen LogP contribution in [0.4, 0.5) is 9.18 Å². The lowest BCUT2D eigenvalue weighted by Crippen LogP contribution is -3.14. The minimum atomic E-state index is -0.682. The van der Waals surface area contributed by atoms with Gasteiger partial charge in [-0.1, -0.05) is 35.3 Å². The molecule has 2 aliphatic rings. The summed E-state index contributed by atoms with van der Waals surface area (Å²) in [6.45, 7) is 7.26. The number of nitrogens with one attached hydrogen (secondary N) is 1. The minimum Gasteiger partial charge on any atom is -0.414 e. The molecule has 0 radical (unpaired) electrons. The molecular weight excluding hydrogens is 554 g/mol. The fraction of sp³-hybridized carbons (Fsp3) is 0.367. The van der Waals surface area contributed by atoms with Crippen molar-refractivity contribution in [2.75, 3.05) is 19.6 Å². The number of alkyl carbamates (subject to hydrolysis) is 2. The Morgan fingerprint density at radius 3 is 2.38 bits per heavy atom. The second-order valence-corrected chi connectivity index (χ2v) is 12.1. The van der Waals surface area contributed by atoms with Crippen molar-refractivity contribution in [3.63, 3.8) is 0 Å². The highest BCUT2D eigenvalue weighted by molar-refractivity contribution is 6.35. The van der Waals surface area contributed by atoms with Crippen LogP contribution in [0.15, 0.2) is 42.5 Å². The van der Waals surface area contributed by atoms with Crippen molar-refractivity contribution < 1.29 is 23.6 Å². The first-order valence-corrected chi connectivity index (χ1v) is 14.2. The van der Waals surface area contributed by atoms with Crippen LogP contribution in [0.5, 0.6) is 0 Å². The van der Waals surface area contributed by atoms with Gasteiger partial charge in [-0.3, -0.25) is 4.79 Å². The lowest BCUT2D eigenvalue weighted by Gasteiger charge is -2.28. The monoisotopic (exact) mass is 585 g/mol. The lowest BCUT2D eigenvalue weighted by atomic mass is 9.97. The summed E-state index contributed by atoms with van der Waals surface area (Å²) in [5.41, 5.74) is 2.97. The predicted molar refractivity (Wildman–Crippen MR) is 153 cm³/mol. The SMILES string of the molecule is CC(C)(C)OC(=O)[NH+]1C/C(=C\c2ccc(F)cc2)c2c(c(C(=O)N3CCCCC3)nn2-c2ccc(Cl)cc2Cl)C1. The Morgan fingerprint density at radius 2 is 1.73 bits per heavy atom. The van der Waals surface area contributed by atoms with Crippen LogP contribution in [0.25, 0.3) is 17.3 Å². The third kappa shape index (κ3) is 6.09. The number of carbonyl (C=O) groups is 2. The van der Waals surface area contributed by atoms with Gasteiger partial charge in [0.05, 0.1) is 22.0 Å². The molecule has 5 rings (SSSR count).